The topological polar surface area (TPSA) is 95.2 Å². The van der Waals surface area contributed by atoms with E-state index in [4.69, 9.17) is 9.47 Å². The first-order valence-electron chi connectivity index (χ1n) is 11.0. The van der Waals surface area contributed by atoms with Crippen molar-refractivity contribution < 1.29 is 27.4 Å². The maximum atomic E-state index is 13.9. The number of rotatable bonds is 6. The minimum Gasteiger partial charge on any atom is -0.454 e. The van der Waals surface area contributed by atoms with Crippen LogP contribution in [0.1, 0.15) is 54.3 Å². The van der Waals surface area contributed by atoms with Gasteiger partial charge < -0.3 is 20.1 Å². The second-order valence-corrected chi connectivity index (χ2v) is 8.26. The van der Waals surface area contributed by atoms with E-state index < -0.39 is 24.2 Å². The predicted molar refractivity (Wildman–Crippen MR) is 116 cm³/mol. The van der Waals surface area contributed by atoms with Gasteiger partial charge in [-0.05, 0) is 24.1 Å². The second kappa shape index (κ2) is 8.58. The summed E-state index contributed by atoms with van der Waals surface area (Å²) >= 11 is 0. The maximum Gasteiger partial charge on any atom is 0.410 e. The van der Waals surface area contributed by atoms with E-state index in [0.717, 1.165) is 17.5 Å². The molecule has 2 aliphatic heterocycles. The van der Waals surface area contributed by atoms with Crippen LogP contribution in [0.2, 0.25) is 0 Å². The van der Waals surface area contributed by atoms with E-state index in [1.165, 1.54) is 12.3 Å². The molecule has 0 unspecified atom stereocenters. The molecule has 0 saturated carbocycles. The third-order valence-electron chi connectivity index (χ3n) is 5.85. The molecule has 34 heavy (non-hydrogen) atoms. The van der Waals surface area contributed by atoms with Crippen LogP contribution in [-0.4, -0.2) is 38.4 Å². The first-order valence-corrected chi connectivity index (χ1v) is 11.0. The smallest absolute Gasteiger partial charge is 0.410 e. The summed E-state index contributed by atoms with van der Waals surface area (Å²) < 4.78 is 55.0. The molecule has 0 aliphatic carbocycles. The van der Waals surface area contributed by atoms with Crippen LogP contribution in [0.25, 0.3) is 0 Å². The molecule has 3 aromatic rings. The van der Waals surface area contributed by atoms with Crippen LogP contribution in [0.3, 0.4) is 0 Å². The Kier molecular flexibility index (Phi) is 5.58. The monoisotopic (exact) mass is 476 g/mol. The number of alkyl halides is 3. The number of fused-ring (bicyclic) bond motifs is 2. The Morgan fingerprint density at radius 3 is 2.88 bits per heavy atom. The second-order valence-electron chi connectivity index (χ2n) is 8.26. The van der Waals surface area contributed by atoms with Crippen molar-refractivity contribution in [3.63, 3.8) is 0 Å². The van der Waals surface area contributed by atoms with E-state index in [2.05, 4.69) is 27.8 Å². The van der Waals surface area contributed by atoms with Gasteiger partial charge in [-0.3, -0.25) is 9.48 Å². The first-order chi connectivity index (χ1) is 16.3. The van der Waals surface area contributed by atoms with Crippen molar-refractivity contribution >= 4 is 17.4 Å². The van der Waals surface area contributed by atoms with Crippen molar-refractivity contribution in [2.45, 2.75) is 51.0 Å². The highest BCUT2D eigenvalue weighted by atomic mass is 19.4. The van der Waals surface area contributed by atoms with Gasteiger partial charge in [0, 0.05) is 25.2 Å². The minimum absolute atomic E-state index is 0.0742. The molecule has 2 aliphatic rings. The number of anilines is 2. The number of ether oxygens (including phenoxy) is 2. The number of aryl methyl sites for hydroxylation is 1. The molecule has 4 heterocycles. The number of hydrogen-bond donors (Lipinski definition) is 2. The van der Waals surface area contributed by atoms with Gasteiger partial charge in [-0.15, -0.1) is 0 Å². The molecule has 2 aromatic heterocycles. The summed E-state index contributed by atoms with van der Waals surface area (Å²) in [6.07, 6.45) is 0.279. The predicted octanol–water partition coefficient (Wildman–Crippen LogP) is 4.52. The largest absolute Gasteiger partial charge is 0.454 e. The summed E-state index contributed by atoms with van der Waals surface area (Å²) in [5, 5.41) is 13.9. The molecular weight excluding hydrogens is 453 g/mol. The summed E-state index contributed by atoms with van der Waals surface area (Å²) in [6.45, 7) is 2.85. The van der Waals surface area contributed by atoms with E-state index in [0.29, 0.717) is 29.3 Å². The number of halogens is 3. The molecule has 0 radical (unpaired) electrons. The van der Waals surface area contributed by atoms with Crippen LogP contribution in [0, 0.1) is 0 Å². The fraction of sp³-hybridized carbons (Fsp3) is 0.409. The zero-order valence-corrected chi connectivity index (χ0v) is 18.3. The zero-order chi connectivity index (χ0) is 23.9. The highest BCUT2D eigenvalue weighted by molar-refractivity contribution is 6.03. The van der Waals surface area contributed by atoms with Crippen molar-refractivity contribution in [3.05, 3.63) is 47.9 Å². The number of aromatic nitrogens is 4. The lowest BCUT2D eigenvalue weighted by atomic mass is 9.96. The van der Waals surface area contributed by atoms with Gasteiger partial charge >= 0.3 is 6.18 Å². The Balaban J connectivity index is 1.38. The van der Waals surface area contributed by atoms with Crippen LogP contribution in [0.4, 0.5) is 24.7 Å². The maximum absolute atomic E-state index is 13.9. The van der Waals surface area contributed by atoms with Crippen molar-refractivity contribution in [3.8, 4) is 11.5 Å². The van der Waals surface area contributed by atoms with Gasteiger partial charge in [0.1, 0.15) is 5.82 Å². The third-order valence-corrected chi connectivity index (χ3v) is 5.85. The van der Waals surface area contributed by atoms with Crippen LogP contribution in [0.15, 0.2) is 36.7 Å². The van der Waals surface area contributed by atoms with Gasteiger partial charge in [0.2, 0.25) is 6.79 Å². The van der Waals surface area contributed by atoms with E-state index in [1.54, 1.807) is 29.1 Å². The summed E-state index contributed by atoms with van der Waals surface area (Å²) in [7, 11) is 0. The molecule has 2 N–H and O–H groups in total. The standard InChI is InChI=1S/C22H23F3N6O3/c1-2-3-6-30-11-14(10-26-30)27-21(32)16-9-20-28-15(8-19(22(23,24)25)31(20)29-16)13-4-5-17-18(7-13)34-12-33-17/h4-5,7,9-11,15,19,28H,2-3,6,8,12H2,1H3,(H,27,32)/t15-,19-/m0/s1. The van der Waals surface area contributed by atoms with Crippen LogP contribution >= 0.6 is 0 Å². The summed E-state index contributed by atoms with van der Waals surface area (Å²) in [5.41, 5.74) is 0.950. The van der Waals surface area contributed by atoms with E-state index >= 15 is 0 Å². The lowest BCUT2D eigenvalue weighted by Crippen LogP contribution is -2.35. The summed E-state index contributed by atoms with van der Waals surface area (Å²) in [6, 6.07) is 3.83. The average molecular weight is 476 g/mol. The van der Waals surface area contributed by atoms with Gasteiger partial charge in [-0.1, -0.05) is 19.4 Å². The van der Waals surface area contributed by atoms with Crippen LogP contribution in [0.5, 0.6) is 11.5 Å². The van der Waals surface area contributed by atoms with Gasteiger partial charge in [0.25, 0.3) is 5.91 Å². The van der Waals surface area contributed by atoms with Crippen LogP contribution in [-0.2, 0) is 6.54 Å². The number of carbonyl (C=O) groups excluding carboxylic acids is 1. The minimum atomic E-state index is -4.55. The molecular formula is C22H23F3N6O3. The number of hydrogen-bond acceptors (Lipinski definition) is 6. The quantitative estimate of drug-likeness (QED) is 0.543. The molecule has 0 fully saturated rings. The fourth-order valence-electron chi connectivity index (χ4n) is 4.10. The summed E-state index contributed by atoms with van der Waals surface area (Å²) in [4.78, 5) is 12.7. The van der Waals surface area contributed by atoms with Gasteiger partial charge in [-0.2, -0.15) is 23.4 Å². The van der Waals surface area contributed by atoms with Crippen molar-refractivity contribution in [2.24, 2.45) is 0 Å². The molecule has 9 nitrogen and oxygen atoms in total. The van der Waals surface area contributed by atoms with E-state index in [1.807, 2.05) is 0 Å². The number of nitrogens with zero attached hydrogens (tertiary/aromatic N) is 4. The van der Waals surface area contributed by atoms with Gasteiger partial charge in [0.05, 0.1) is 17.9 Å². The lowest BCUT2D eigenvalue weighted by molar-refractivity contribution is -0.173. The SMILES string of the molecule is CCCCn1cc(NC(=O)c2cc3n(n2)[C@H](C(F)(F)F)C[C@@H](c2ccc4c(c2)OCO4)N3)cn1. The average Bonchev–Trinajstić information content (AvgIpc) is 3.54. The molecule has 1 amide bonds. The first kappa shape index (κ1) is 22.1. The van der Waals surface area contributed by atoms with E-state index in [9.17, 15) is 18.0 Å². The van der Waals surface area contributed by atoms with Gasteiger partial charge in [0.15, 0.2) is 23.2 Å². The molecule has 0 bridgehead atoms. The highest BCUT2D eigenvalue weighted by Crippen LogP contribution is 2.45. The number of amides is 1. The van der Waals surface area contributed by atoms with E-state index in [-0.39, 0.29) is 24.7 Å². The molecule has 180 valence electrons. The Morgan fingerprint density at radius 1 is 1.26 bits per heavy atom. The molecule has 1 aromatic carbocycles. The number of benzene rings is 1. The lowest BCUT2D eigenvalue weighted by Gasteiger charge is -2.33. The number of carbonyl (C=O) groups is 1. The zero-order valence-electron chi connectivity index (χ0n) is 18.3. The third kappa shape index (κ3) is 4.27. The molecule has 12 heteroatoms. The number of unbranched alkanes of at least 4 members (excludes halogenated alkanes) is 1. The van der Waals surface area contributed by atoms with Gasteiger partial charge in [-0.25, -0.2) is 4.68 Å². The van der Waals surface area contributed by atoms with Crippen molar-refractivity contribution in [2.75, 3.05) is 17.4 Å². The summed E-state index contributed by atoms with van der Waals surface area (Å²) in [5.74, 6) is 0.537. The highest BCUT2D eigenvalue weighted by Gasteiger charge is 2.47. The van der Waals surface area contributed by atoms with Crippen molar-refractivity contribution in [1.82, 2.24) is 19.6 Å². The van der Waals surface area contributed by atoms with Crippen LogP contribution < -0.4 is 20.1 Å². The van der Waals surface area contributed by atoms with Crippen molar-refractivity contribution in [1.29, 1.82) is 0 Å². The molecule has 2 atom stereocenters. The fourth-order valence-corrected chi connectivity index (χ4v) is 4.10. The molecule has 5 rings (SSSR count). The molecule has 0 saturated heterocycles. The Bertz CT molecular complexity index is 1200. The Labute approximate surface area is 192 Å². The Hall–Kier alpha value is -3.70. The molecule has 0 spiro atoms. The normalized spacial score (nSPS) is 18.9. The number of nitrogens with one attached hydrogen (secondary N) is 2. The Morgan fingerprint density at radius 2 is 2.09 bits per heavy atom.